The third-order valence-electron chi connectivity index (χ3n) is 4.06. The maximum Gasteiger partial charge on any atom is 0.231 e. The van der Waals surface area contributed by atoms with E-state index in [4.69, 9.17) is 21.7 Å². The van der Waals surface area contributed by atoms with Crippen LogP contribution in [0.25, 0.3) is 0 Å². The number of rotatable bonds is 2. The van der Waals surface area contributed by atoms with E-state index in [-0.39, 0.29) is 6.79 Å². The fraction of sp³-hybridized carbons (Fsp3) is 0.312. The highest BCUT2D eigenvalue weighted by atomic mass is 32.1. The summed E-state index contributed by atoms with van der Waals surface area (Å²) in [5.41, 5.74) is 0.903. The molecular weight excluding hydrogens is 326 g/mol. The van der Waals surface area contributed by atoms with Gasteiger partial charge in [0.05, 0.1) is 6.20 Å². The van der Waals surface area contributed by atoms with Crippen molar-refractivity contribution in [2.75, 3.05) is 43.2 Å². The summed E-state index contributed by atoms with van der Waals surface area (Å²) in [6.07, 6.45) is 5.19. The topological polar surface area (TPSA) is 62.8 Å². The Morgan fingerprint density at radius 2 is 1.92 bits per heavy atom. The smallest absolute Gasteiger partial charge is 0.231 e. The Bertz CT molecular complexity index is 735. The molecule has 24 heavy (non-hydrogen) atoms. The van der Waals surface area contributed by atoms with Gasteiger partial charge >= 0.3 is 0 Å². The summed E-state index contributed by atoms with van der Waals surface area (Å²) in [6, 6.07) is 5.74. The molecule has 0 unspecified atom stereocenters. The predicted octanol–water partition coefficient (Wildman–Crippen LogP) is 1.72. The predicted molar refractivity (Wildman–Crippen MR) is 94.6 cm³/mol. The van der Waals surface area contributed by atoms with Gasteiger partial charge in [0.25, 0.3) is 0 Å². The molecule has 8 heteroatoms. The van der Waals surface area contributed by atoms with Crippen LogP contribution in [0.15, 0.2) is 36.8 Å². The lowest BCUT2D eigenvalue weighted by Gasteiger charge is -2.36. The monoisotopic (exact) mass is 343 g/mol. The molecule has 1 aromatic carbocycles. The molecule has 0 saturated carbocycles. The van der Waals surface area contributed by atoms with Crippen molar-refractivity contribution in [2.24, 2.45) is 0 Å². The highest BCUT2D eigenvalue weighted by Crippen LogP contribution is 2.34. The van der Waals surface area contributed by atoms with E-state index < -0.39 is 0 Å². The van der Waals surface area contributed by atoms with Crippen LogP contribution in [0.5, 0.6) is 11.5 Å². The van der Waals surface area contributed by atoms with E-state index in [0.29, 0.717) is 5.11 Å². The van der Waals surface area contributed by atoms with Gasteiger partial charge in [-0.1, -0.05) is 0 Å². The molecule has 7 nitrogen and oxygen atoms in total. The molecule has 3 heterocycles. The molecule has 1 N–H and O–H groups in total. The lowest BCUT2D eigenvalue weighted by atomic mass is 10.3. The molecule has 2 aliphatic heterocycles. The molecule has 0 spiro atoms. The van der Waals surface area contributed by atoms with E-state index in [1.54, 1.807) is 18.6 Å². The van der Waals surface area contributed by atoms with E-state index >= 15 is 0 Å². The first-order valence-electron chi connectivity index (χ1n) is 7.76. The van der Waals surface area contributed by atoms with Crippen LogP contribution in [0.4, 0.5) is 11.5 Å². The minimum atomic E-state index is 0.271. The van der Waals surface area contributed by atoms with E-state index in [9.17, 15) is 0 Å². The van der Waals surface area contributed by atoms with Crippen molar-refractivity contribution in [1.82, 2.24) is 14.9 Å². The molecule has 1 saturated heterocycles. The first-order valence-corrected chi connectivity index (χ1v) is 8.17. The molecule has 0 radical (unpaired) electrons. The van der Waals surface area contributed by atoms with Gasteiger partial charge in [0, 0.05) is 50.3 Å². The average molecular weight is 343 g/mol. The van der Waals surface area contributed by atoms with Gasteiger partial charge in [-0.25, -0.2) is 4.98 Å². The van der Waals surface area contributed by atoms with Gasteiger partial charge in [-0.2, -0.15) is 0 Å². The van der Waals surface area contributed by atoms with E-state index in [1.807, 2.05) is 18.2 Å². The zero-order valence-corrected chi connectivity index (χ0v) is 13.8. The fourth-order valence-corrected chi connectivity index (χ4v) is 3.07. The molecule has 0 atom stereocenters. The summed E-state index contributed by atoms with van der Waals surface area (Å²) in [7, 11) is 0. The van der Waals surface area contributed by atoms with Crippen LogP contribution in [-0.2, 0) is 0 Å². The van der Waals surface area contributed by atoms with Gasteiger partial charge in [0.1, 0.15) is 5.82 Å². The quantitative estimate of drug-likeness (QED) is 0.827. The zero-order valence-electron chi connectivity index (χ0n) is 13.0. The summed E-state index contributed by atoms with van der Waals surface area (Å²) in [5, 5.41) is 3.99. The van der Waals surface area contributed by atoms with Gasteiger partial charge < -0.3 is 24.6 Å². The van der Waals surface area contributed by atoms with E-state index in [1.165, 1.54) is 0 Å². The largest absolute Gasteiger partial charge is 0.454 e. The minimum absolute atomic E-state index is 0.271. The van der Waals surface area contributed by atoms with Gasteiger partial charge in [-0.05, 0) is 24.4 Å². The number of ether oxygens (including phenoxy) is 2. The number of nitrogens with zero attached hydrogens (tertiary/aromatic N) is 4. The number of piperazine rings is 1. The maximum absolute atomic E-state index is 5.54. The molecule has 4 rings (SSSR count). The van der Waals surface area contributed by atoms with Crippen LogP contribution in [0.2, 0.25) is 0 Å². The van der Waals surface area contributed by atoms with Gasteiger partial charge in [-0.3, -0.25) is 4.98 Å². The Labute approximate surface area is 145 Å². The van der Waals surface area contributed by atoms with Gasteiger partial charge in [0.15, 0.2) is 16.6 Å². The van der Waals surface area contributed by atoms with Crippen molar-refractivity contribution in [2.45, 2.75) is 0 Å². The van der Waals surface area contributed by atoms with Crippen molar-refractivity contribution >= 4 is 28.8 Å². The number of hydrogen-bond donors (Lipinski definition) is 1. The van der Waals surface area contributed by atoms with Crippen LogP contribution in [0.1, 0.15) is 0 Å². The van der Waals surface area contributed by atoms with Gasteiger partial charge in [0.2, 0.25) is 6.79 Å². The van der Waals surface area contributed by atoms with Gasteiger partial charge in [-0.15, -0.1) is 0 Å². The number of hydrogen-bond acceptors (Lipinski definition) is 6. The van der Waals surface area contributed by atoms with Crippen LogP contribution in [0, 0.1) is 0 Å². The molecule has 2 aromatic rings. The highest BCUT2D eigenvalue weighted by molar-refractivity contribution is 7.80. The molecule has 1 fully saturated rings. The lowest BCUT2D eigenvalue weighted by Crippen LogP contribution is -2.50. The summed E-state index contributed by atoms with van der Waals surface area (Å²) in [4.78, 5) is 12.8. The number of thiocarbonyl (C=S) groups is 1. The number of fused-ring (bicyclic) bond motifs is 1. The Morgan fingerprint density at radius 1 is 1.08 bits per heavy atom. The summed E-state index contributed by atoms with van der Waals surface area (Å²) >= 11 is 5.54. The molecular formula is C16H17N5O2S. The molecule has 0 amide bonds. The second-order valence-electron chi connectivity index (χ2n) is 5.54. The van der Waals surface area contributed by atoms with Crippen molar-refractivity contribution in [3.8, 4) is 11.5 Å². The summed E-state index contributed by atoms with van der Waals surface area (Å²) in [6.45, 7) is 3.68. The number of nitrogens with one attached hydrogen (secondary N) is 1. The molecule has 124 valence electrons. The lowest BCUT2D eigenvalue weighted by molar-refractivity contribution is 0.174. The fourth-order valence-electron chi connectivity index (χ4n) is 2.77. The van der Waals surface area contributed by atoms with Crippen molar-refractivity contribution < 1.29 is 9.47 Å². The average Bonchev–Trinajstić information content (AvgIpc) is 3.10. The molecule has 0 aliphatic carbocycles. The first kappa shape index (κ1) is 14.9. The van der Waals surface area contributed by atoms with Crippen LogP contribution in [0.3, 0.4) is 0 Å². The normalized spacial score (nSPS) is 16.2. The third kappa shape index (κ3) is 3.05. The summed E-state index contributed by atoms with van der Waals surface area (Å²) < 4.78 is 10.7. The SMILES string of the molecule is S=C(Nc1ccc2c(c1)OCO2)N1CCN(c2cnccn2)CC1. The van der Waals surface area contributed by atoms with Crippen LogP contribution >= 0.6 is 12.2 Å². The van der Waals surface area contributed by atoms with E-state index in [2.05, 4.69) is 25.1 Å². The summed E-state index contributed by atoms with van der Waals surface area (Å²) in [5.74, 6) is 2.42. The Balaban J connectivity index is 1.35. The number of benzene rings is 1. The van der Waals surface area contributed by atoms with Crippen molar-refractivity contribution in [3.05, 3.63) is 36.8 Å². The number of anilines is 2. The standard InChI is InChI=1S/C16H17N5O2S/c24-16(19-12-1-2-13-14(9-12)23-11-22-13)21-7-5-20(6-8-21)15-10-17-3-4-18-15/h1-4,9-10H,5-8,11H2,(H,19,24). The molecule has 2 aliphatic rings. The number of aromatic nitrogens is 2. The Morgan fingerprint density at radius 3 is 2.71 bits per heavy atom. The van der Waals surface area contributed by atoms with Crippen LogP contribution < -0.4 is 19.7 Å². The highest BCUT2D eigenvalue weighted by Gasteiger charge is 2.20. The minimum Gasteiger partial charge on any atom is -0.454 e. The van der Waals surface area contributed by atoms with E-state index in [0.717, 1.165) is 49.2 Å². The Hall–Kier alpha value is -2.61. The van der Waals surface area contributed by atoms with Crippen LogP contribution in [-0.4, -0.2) is 53.0 Å². The Kier molecular flexibility index (Phi) is 4.04. The second kappa shape index (κ2) is 6.48. The zero-order chi connectivity index (χ0) is 16.4. The first-order chi connectivity index (χ1) is 11.8. The third-order valence-corrected chi connectivity index (χ3v) is 4.42. The second-order valence-corrected chi connectivity index (χ2v) is 5.92. The van der Waals surface area contributed by atoms with Crippen molar-refractivity contribution in [1.29, 1.82) is 0 Å². The van der Waals surface area contributed by atoms with Crippen molar-refractivity contribution in [3.63, 3.8) is 0 Å². The maximum atomic E-state index is 5.54. The molecule has 1 aromatic heterocycles. The molecule has 0 bridgehead atoms.